The van der Waals surface area contributed by atoms with E-state index >= 15 is 0 Å². The van der Waals surface area contributed by atoms with E-state index in [0.717, 1.165) is 21.3 Å². The fourth-order valence-corrected chi connectivity index (χ4v) is 2.36. The Labute approximate surface area is 120 Å². The van der Waals surface area contributed by atoms with E-state index in [1.807, 2.05) is 42.5 Å². The van der Waals surface area contributed by atoms with Gasteiger partial charge in [-0.2, -0.15) is 0 Å². The first-order valence-corrected chi connectivity index (χ1v) is 6.63. The molecule has 2 rings (SSSR count). The topological polar surface area (TPSA) is 35.2 Å². The van der Waals surface area contributed by atoms with Gasteiger partial charge in [-0.1, -0.05) is 39.7 Å². The molecule has 0 spiro atoms. The maximum absolute atomic E-state index is 6.26. The Hall–Kier alpha value is -1.03. The molecule has 4 heteroatoms. The number of hydrogen-bond acceptors (Lipinski definition) is 2. The van der Waals surface area contributed by atoms with E-state index in [2.05, 4.69) is 15.9 Å². The van der Waals surface area contributed by atoms with Crippen molar-refractivity contribution in [2.75, 3.05) is 7.11 Å². The van der Waals surface area contributed by atoms with Crippen LogP contribution >= 0.6 is 27.5 Å². The summed E-state index contributed by atoms with van der Waals surface area (Å²) >= 11 is 9.38. The van der Waals surface area contributed by atoms with Crippen LogP contribution in [-0.2, 0) is 0 Å². The smallest absolute Gasteiger partial charge is 0.119 e. The summed E-state index contributed by atoms with van der Waals surface area (Å²) in [7, 11) is 1.64. The average Bonchev–Trinajstić information content (AvgIpc) is 2.39. The minimum absolute atomic E-state index is 0.216. The van der Waals surface area contributed by atoms with E-state index in [-0.39, 0.29) is 6.04 Å². The first kappa shape index (κ1) is 13.4. The van der Waals surface area contributed by atoms with Gasteiger partial charge in [-0.3, -0.25) is 0 Å². The molecule has 94 valence electrons. The number of rotatable bonds is 3. The minimum Gasteiger partial charge on any atom is -0.497 e. The lowest BCUT2D eigenvalue weighted by Gasteiger charge is -2.15. The van der Waals surface area contributed by atoms with Crippen LogP contribution < -0.4 is 10.5 Å². The highest BCUT2D eigenvalue weighted by atomic mass is 79.9. The monoisotopic (exact) mass is 325 g/mol. The molecule has 1 unspecified atom stereocenters. The molecule has 2 aromatic rings. The SMILES string of the molecule is COc1ccc(Br)c(C(N)c2ccc(Cl)cc2)c1. The maximum atomic E-state index is 6.26. The van der Waals surface area contributed by atoms with Gasteiger partial charge >= 0.3 is 0 Å². The second kappa shape index (κ2) is 5.74. The van der Waals surface area contributed by atoms with Crippen molar-refractivity contribution in [1.29, 1.82) is 0 Å². The highest BCUT2D eigenvalue weighted by molar-refractivity contribution is 9.10. The largest absolute Gasteiger partial charge is 0.497 e. The van der Waals surface area contributed by atoms with E-state index in [9.17, 15) is 0 Å². The summed E-state index contributed by atoms with van der Waals surface area (Å²) in [5.41, 5.74) is 8.25. The van der Waals surface area contributed by atoms with Crippen LogP contribution in [0.1, 0.15) is 17.2 Å². The molecule has 0 heterocycles. The van der Waals surface area contributed by atoms with Gasteiger partial charge in [-0.15, -0.1) is 0 Å². The van der Waals surface area contributed by atoms with Gasteiger partial charge < -0.3 is 10.5 Å². The van der Waals surface area contributed by atoms with Crippen molar-refractivity contribution in [3.63, 3.8) is 0 Å². The Balaban J connectivity index is 2.38. The second-order valence-electron chi connectivity index (χ2n) is 3.92. The van der Waals surface area contributed by atoms with Gasteiger partial charge in [0.05, 0.1) is 13.2 Å². The Kier molecular flexibility index (Phi) is 4.27. The predicted molar refractivity (Wildman–Crippen MR) is 78.2 cm³/mol. The molecule has 2 N–H and O–H groups in total. The molecule has 0 aliphatic heterocycles. The molecule has 0 aromatic heterocycles. The number of ether oxygens (including phenoxy) is 1. The lowest BCUT2D eigenvalue weighted by Crippen LogP contribution is -2.12. The first-order chi connectivity index (χ1) is 8.61. The Bertz CT molecular complexity index is 542. The molecule has 2 nitrogen and oxygen atoms in total. The van der Waals surface area contributed by atoms with Gasteiger partial charge in [0.25, 0.3) is 0 Å². The van der Waals surface area contributed by atoms with Crippen LogP contribution in [0.4, 0.5) is 0 Å². The van der Waals surface area contributed by atoms with Gasteiger partial charge in [0.1, 0.15) is 5.75 Å². The number of benzene rings is 2. The third kappa shape index (κ3) is 2.86. The highest BCUT2D eigenvalue weighted by Crippen LogP contribution is 2.30. The van der Waals surface area contributed by atoms with Gasteiger partial charge in [0.2, 0.25) is 0 Å². The van der Waals surface area contributed by atoms with Crippen LogP contribution in [0.3, 0.4) is 0 Å². The fourth-order valence-electron chi connectivity index (χ4n) is 1.74. The average molecular weight is 327 g/mol. The Morgan fingerprint density at radius 3 is 2.44 bits per heavy atom. The van der Waals surface area contributed by atoms with E-state index < -0.39 is 0 Å². The van der Waals surface area contributed by atoms with Crippen LogP contribution in [0.2, 0.25) is 5.02 Å². The first-order valence-electron chi connectivity index (χ1n) is 5.46. The molecule has 0 saturated heterocycles. The molecule has 0 saturated carbocycles. The summed E-state index contributed by atoms with van der Waals surface area (Å²) in [6.45, 7) is 0. The molecule has 0 radical (unpaired) electrons. The zero-order valence-electron chi connectivity index (χ0n) is 9.86. The third-order valence-corrected chi connectivity index (χ3v) is 3.74. The Morgan fingerprint density at radius 1 is 1.17 bits per heavy atom. The summed E-state index contributed by atoms with van der Waals surface area (Å²) in [5.74, 6) is 0.789. The molecule has 0 bridgehead atoms. The summed E-state index contributed by atoms with van der Waals surface area (Å²) in [4.78, 5) is 0. The van der Waals surface area contributed by atoms with Crippen LogP contribution in [0.15, 0.2) is 46.9 Å². The predicted octanol–water partition coefficient (Wildman–Crippen LogP) is 4.16. The maximum Gasteiger partial charge on any atom is 0.119 e. The van der Waals surface area contributed by atoms with E-state index in [4.69, 9.17) is 22.1 Å². The number of halogens is 2. The molecule has 2 aromatic carbocycles. The van der Waals surface area contributed by atoms with Gasteiger partial charge in [0, 0.05) is 9.50 Å². The van der Waals surface area contributed by atoms with Crippen molar-refractivity contribution in [3.05, 3.63) is 63.1 Å². The number of nitrogens with two attached hydrogens (primary N) is 1. The number of methoxy groups -OCH3 is 1. The van der Waals surface area contributed by atoms with E-state index in [1.165, 1.54) is 0 Å². The standard InChI is InChI=1S/C14H13BrClNO/c1-18-11-6-7-13(15)12(8-11)14(17)9-2-4-10(16)5-3-9/h2-8,14H,17H2,1H3. The van der Waals surface area contributed by atoms with Crippen LogP contribution in [0, 0.1) is 0 Å². The van der Waals surface area contributed by atoms with E-state index in [1.54, 1.807) is 7.11 Å². The van der Waals surface area contributed by atoms with Crippen molar-refractivity contribution in [2.45, 2.75) is 6.04 Å². The molecule has 0 amide bonds. The summed E-state index contributed by atoms with van der Waals surface area (Å²) in [6.07, 6.45) is 0. The summed E-state index contributed by atoms with van der Waals surface area (Å²) in [5, 5.41) is 0.704. The van der Waals surface area contributed by atoms with Crippen molar-refractivity contribution >= 4 is 27.5 Å². The molecule has 18 heavy (non-hydrogen) atoms. The summed E-state index contributed by atoms with van der Waals surface area (Å²) in [6, 6.07) is 13.1. The second-order valence-corrected chi connectivity index (χ2v) is 5.21. The zero-order valence-corrected chi connectivity index (χ0v) is 12.2. The minimum atomic E-state index is -0.216. The van der Waals surface area contributed by atoms with E-state index in [0.29, 0.717) is 5.02 Å². The van der Waals surface area contributed by atoms with Crippen molar-refractivity contribution in [1.82, 2.24) is 0 Å². The molecular formula is C14H13BrClNO. The molecular weight excluding hydrogens is 314 g/mol. The molecule has 0 aliphatic carbocycles. The number of hydrogen-bond donors (Lipinski definition) is 1. The zero-order chi connectivity index (χ0) is 13.1. The van der Waals surface area contributed by atoms with Crippen LogP contribution in [0.5, 0.6) is 5.75 Å². The van der Waals surface area contributed by atoms with Crippen molar-refractivity contribution in [3.8, 4) is 5.75 Å². The highest BCUT2D eigenvalue weighted by Gasteiger charge is 2.13. The normalized spacial score (nSPS) is 12.2. The van der Waals surface area contributed by atoms with Crippen LogP contribution in [0.25, 0.3) is 0 Å². The van der Waals surface area contributed by atoms with Crippen LogP contribution in [-0.4, -0.2) is 7.11 Å². The summed E-state index contributed by atoms with van der Waals surface area (Å²) < 4.78 is 6.18. The Morgan fingerprint density at radius 2 is 1.83 bits per heavy atom. The molecule has 1 atom stereocenters. The van der Waals surface area contributed by atoms with Crippen molar-refractivity contribution in [2.24, 2.45) is 5.73 Å². The third-order valence-electron chi connectivity index (χ3n) is 2.77. The molecule has 0 aliphatic rings. The van der Waals surface area contributed by atoms with Gasteiger partial charge in [-0.25, -0.2) is 0 Å². The lowest BCUT2D eigenvalue weighted by atomic mass is 9.99. The lowest BCUT2D eigenvalue weighted by molar-refractivity contribution is 0.414. The quantitative estimate of drug-likeness (QED) is 0.919. The van der Waals surface area contributed by atoms with Crippen molar-refractivity contribution < 1.29 is 4.74 Å². The fraction of sp³-hybridized carbons (Fsp3) is 0.143. The van der Waals surface area contributed by atoms with Gasteiger partial charge in [0.15, 0.2) is 0 Å². The molecule has 0 fully saturated rings. The van der Waals surface area contributed by atoms with Gasteiger partial charge in [-0.05, 0) is 41.5 Å².